The quantitative estimate of drug-likeness (QED) is 0.901. The van der Waals surface area contributed by atoms with Gasteiger partial charge in [-0.1, -0.05) is 0 Å². The van der Waals surface area contributed by atoms with Crippen LogP contribution in [0, 0.1) is 19.8 Å². The standard InChI is InChI=1S/C14H18F3NO2/c1-8-7-12(9(2)20-8)13(19)18-11-5-3-10(4-6-11)14(15,16)17/h7,10-11H,3-6H2,1-2H3,(H,18,19). The number of hydrogen-bond donors (Lipinski definition) is 1. The molecule has 1 aromatic heterocycles. The molecule has 0 aromatic carbocycles. The van der Waals surface area contributed by atoms with Crippen molar-refractivity contribution in [2.45, 2.75) is 51.7 Å². The number of furan rings is 1. The lowest BCUT2D eigenvalue weighted by molar-refractivity contribution is -0.182. The van der Waals surface area contributed by atoms with Crippen molar-refractivity contribution >= 4 is 5.91 Å². The Hall–Kier alpha value is -1.46. The Kier molecular flexibility index (Phi) is 4.11. The molecule has 1 amide bonds. The number of carbonyl (C=O) groups is 1. The number of halogens is 3. The Labute approximate surface area is 115 Å². The topological polar surface area (TPSA) is 42.2 Å². The van der Waals surface area contributed by atoms with Crippen LogP contribution in [0.1, 0.15) is 47.6 Å². The van der Waals surface area contributed by atoms with Gasteiger partial charge in [0.05, 0.1) is 11.5 Å². The highest BCUT2D eigenvalue weighted by Gasteiger charge is 2.41. The molecule has 1 fully saturated rings. The summed E-state index contributed by atoms with van der Waals surface area (Å²) in [6, 6.07) is 1.46. The van der Waals surface area contributed by atoms with E-state index in [2.05, 4.69) is 5.32 Å². The Bertz CT molecular complexity index is 485. The third-order valence-corrected chi connectivity index (χ3v) is 3.81. The second kappa shape index (κ2) is 5.50. The number of nitrogens with one attached hydrogen (secondary N) is 1. The maximum absolute atomic E-state index is 12.6. The highest BCUT2D eigenvalue weighted by Crippen LogP contribution is 2.37. The number of alkyl halides is 3. The smallest absolute Gasteiger partial charge is 0.391 e. The van der Waals surface area contributed by atoms with E-state index in [0.717, 1.165) is 0 Å². The summed E-state index contributed by atoms with van der Waals surface area (Å²) < 4.78 is 42.9. The van der Waals surface area contributed by atoms with Crippen LogP contribution in [-0.4, -0.2) is 18.1 Å². The third-order valence-electron chi connectivity index (χ3n) is 3.81. The first kappa shape index (κ1) is 14.9. The zero-order valence-corrected chi connectivity index (χ0v) is 11.5. The lowest BCUT2D eigenvalue weighted by Crippen LogP contribution is -2.40. The first-order valence-corrected chi connectivity index (χ1v) is 6.72. The molecule has 0 atom stereocenters. The molecule has 1 heterocycles. The predicted octanol–water partition coefficient (Wildman–Crippen LogP) is 3.75. The highest BCUT2D eigenvalue weighted by molar-refractivity contribution is 5.95. The predicted molar refractivity (Wildman–Crippen MR) is 67.4 cm³/mol. The van der Waals surface area contributed by atoms with E-state index in [4.69, 9.17) is 4.42 Å². The van der Waals surface area contributed by atoms with Crippen LogP contribution in [0.2, 0.25) is 0 Å². The van der Waals surface area contributed by atoms with Crippen LogP contribution in [0.5, 0.6) is 0 Å². The summed E-state index contributed by atoms with van der Waals surface area (Å²) in [4.78, 5) is 12.0. The molecular weight excluding hydrogens is 271 g/mol. The van der Waals surface area contributed by atoms with Gasteiger partial charge >= 0.3 is 6.18 Å². The van der Waals surface area contributed by atoms with Gasteiger partial charge < -0.3 is 9.73 Å². The maximum atomic E-state index is 12.6. The Morgan fingerprint density at radius 2 is 1.85 bits per heavy atom. The van der Waals surface area contributed by atoms with Gasteiger partial charge in [-0.25, -0.2) is 0 Å². The van der Waals surface area contributed by atoms with E-state index in [1.807, 2.05) is 0 Å². The second-order valence-electron chi connectivity index (χ2n) is 5.39. The van der Waals surface area contributed by atoms with Crippen LogP contribution >= 0.6 is 0 Å². The highest BCUT2D eigenvalue weighted by atomic mass is 19.4. The van der Waals surface area contributed by atoms with Crippen LogP contribution in [-0.2, 0) is 0 Å². The molecule has 1 saturated carbocycles. The van der Waals surface area contributed by atoms with E-state index in [1.54, 1.807) is 19.9 Å². The SMILES string of the molecule is Cc1cc(C(=O)NC2CCC(C(F)(F)F)CC2)c(C)o1. The van der Waals surface area contributed by atoms with Crippen molar-refractivity contribution in [1.29, 1.82) is 0 Å². The van der Waals surface area contributed by atoms with Gasteiger partial charge in [0.25, 0.3) is 5.91 Å². The first-order valence-electron chi connectivity index (χ1n) is 6.72. The molecule has 1 aromatic rings. The van der Waals surface area contributed by atoms with Gasteiger partial charge in [0.15, 0.2) is 0 Å². The zero-order valence-electron chi connectivity index (χ0n) is 11.5. The zero-order chi connectivity index (χ0) is 14.9. The molecule has 6 heteroatoms. The van der Waals surface area contributed by atoms with E-state index >= 15 is 0 Å². The molecule has 3 nitrogen and oxygen atoms in total. The maximum Gasteiger partial charge on any atom is 0.391 e. The number of carbonyl (C=O) groups excluding carboxylic acids is 1. The lowest BCUT2D eigenvalue weighted by Gasteiger charge is -2.30. The van der Waals surface area contributed by atoms with Crippen molar-refractivity contribution in [2.75, 3.05) is 0 Å². The minimum atomic E-state index is -4.12. The van der Waals surface area contributed by atoms with Crippen molar-refractivity contribution in [3.05, 3.63) is 23.2 Å². The molecule has 20 heavy (non-hydrogen) atoms. The van der Waals surface area contributed by atoms with Crippen molar-refractivity contribution in [1.82, 2.24) is 5.32 Å². The lowest BCUT2D eigenvalue weighted by atomic mass is 9.85. The molecule has 0 saturated heterocycles. The molecule has 1 aliphatic carbocycles. The minimum Gasteiger partial charge on any atom is -0.466 e. The number of amides is 1. The summed E-state index contributed by atoms with van der Waals surface area (Å²) in [5, 5.41) is 2.80. The largest absolute Gasteiger partial charge is 0.466 e. The molecule has 0 radical (unpaired) electrons. The second-order valence-corrected chi connectivity index (χ2v) is 5.39. The van der Waals surface area contributed by atoms with E-state index in [0.29, 0.717) is 29.9 Å². The van der Waals surface area contributed by atoms with E-state index in [9.17, 15) is 18.0 Å². The molecule has 0 bridgehead atoms. The van der Waals surface area contributed by atoms with Gasteiger partial charge in [-0.05, 0) is 45.6 Å². The molecule has 1 aliphatic rings. The summed E-state index contributed by atoms with van der Waals surface area (Å²) in [5.41, 5.74) is 0.459. The minimum absolute atomic E-state index is 0.0812. The Balaban J connectivity index is 1.90. The number of hydrogen-bond acceptors (Lipinski definition) is 2. The number of rotatable bonds is 2. The molecule has 0 aliphatic heterocycles. The van der Waals surface area contributed by atoms with Crippen LogP contribution < -0.4 is 5.32 Å². The van der Waals surface area contributed by atoms with E-state index in [1.165, 1.54) is 0 Å². The van der Waals surface area contributed by atoms with E-state index < -0.39 is 12.1 Å². The molecule has 1 N–H and O–H groups in total. The van der Waals surface area contributed by atoms with Gasteiger partial charge in [-0.2, -0.15) is 13.2 Å². The van der Waals surface area contributed by atoms with Crippen molar-refractivity contribution in [3.63, 3.8) is 0 Å². The molecule has 112 valence electrons. The molecular formula is C14H18F3NO2. The Morgan fingerprint density at radius 1 is 1.25 bits per heavy atom. The van der Waals surface area contributed by atoms with Gasteiger partial charge in [0.2, 0.25) is 0 Å². The fourth-order valence-corrected chi connectivity index (χ4v) is 2.68. The van der Waals surface area contributed by atoms with Crippen LogP contribution in [0.15, 0.2) is 10.5 Å². The van der Waals surface area contributed by atoms with E-state index in [-0.39, 0.29) is 24.8 Å². The number of aryl methyl sites for hydroxylation is 2. The average molecular weight is 289 g/mol. The molecule has 2 rings (SSSR count). The van der Waals surface area contributed by atoms with Gasteiger partial charge in [-0.15, -0.1) is 0 Å². The van der Waals surface area contributed by atoms with Crippen LogP contribution in [0.3, 0.4) is 0 Å². The summed E-state index contributed by atoms with van der Waals surface area (Å²) >= 11 is 0. The van der Waals surface area contributed by atoms with Gasteiger partial charge in [-0.3, -0.25) is 4.79 Å². The Morgan fingerprint density at radius 3 is 2.30 bits per heavy atom. The third kappa shape index (κ3) is 3.35. The fourth-order valence-electron chi connectivity index (χ4n) is 2.68. The van der Waals surface area contributed by atoms with Crippen LogP contribution in [0.4, 0.5) is 13.2 Å². The summed E-state index contributed by atoms with van der Waals surface area (Å²) in [6.45, 7) is 3.45. The van der Waals surface area contributed by atoms with Crippen molar-refractivity contribution in [2.24, 2.45) is 5.92 Å². The monoisotopic (exact) mass is 289 g/mol. The molecule has 0 spiro atoms. The van der Waals surface area contributed by atoms with Gasteiger partial charge in [0.1, 0.15) is 11.5 Å². The van der Waals surface area contributed by atoms with Crippen molar-refractivity contribution < 1.29 is 22.4 Å². The first-order chi connectivity index (χ1) is 9.27. The summed E-state index contributed by atoms with van der Waals surface area (Å²) in [7, 11) is 0. The summed E-state index contributed by atoms with van der Waals surface area (Å²) in [6.07, 6.45) is -3.22. The average Bonchev–Trinajstić information content (AvgIpc) is 2.68. The van der Waals surface area contributed by atoms with Gasteiger partial charge in [0, 0.05) is 6.04 Å². The summed E-state index contributed by atoms with van der Waals surface area (Å²) in [5.74, 6) is -0.319. The van der Waals surface area contributed by atoms with Crippen LogP contribution in [0.25, 0.3) is 0 Å². The fraction of sp³-hybridized carbons (Fsp3) is 0.643. The normalized spacial score (nSPS) is 23.6. The molecule has 0 unspecified atom stereocenters. The van der Waals surface area contributed by atoms with Crippen molar-refractivity contribution in [3.8, 4) is 0 Å².